The van der Waals surface area contributed by atoms with Crippen LogP contribution in [0, 0.1) is 10.1 Å². The van der Waals surface area contributed by atoms with E-state index in [-0.39, 0.29) is 41.0 Å². The molecule has 0 bridgehead atoms. The van der Waals surface area contributed by atoms with Gasteiger partial charge in [0.25, 0.3) is 5.69 Å². The zero-order valence-corrected chi connectivity index (χ0v) is 7.98. The standard InChI is InChI=1S/C6H5NO3.Na/c8-6-3-1-5(2-4-6)7(9)10;/h1-4,8H;/q;+1/p-1. The summed E-state index contributed by atoms with van der Waals surface area (Å²) in [5, 5.41) is 20.4. The monoisotopic (exact) mass is 161 g/mol. The average Bonchev–Trinajstić information content (AvgIpc) is 1.88. The van der Waals surface area contributed by atoms with Crippen molar-refractivity contribution in [3.8, 4) is 5.75 Å². The van der Waals surface area contributed by atoms with Crippen LogP contribution in [0.2, 0.25) is 0 Å². The number of nitro groups is 1. The molecule has 0 fully saturated rings. The summed E-state index contributed by atoms with van der Waals surface area (Å²) < 4.78 is 0. The number of hydrogen-bond donors (Lipinski definition) is 0. The normalized spacial score (nSPS) is 8.36. The minimum atomic E-state index is -0.542. The molecule has 4 nitrogen and oxygen atoms in total. The van der Waals surface area contributed by atoms with Crippen molar-refractivity contribution in [1.82, 2.24) is 0 Å². The molecule has 0 N–H and O–H groups in total. The first kappa shape index (κ1) is 10.4. The maximum absolute atomic E-state index is 10.4. The Hall–Kier alpha value is -0.580. The molecular formula is C6H4NNaO3. The van der Waals surface area contributed by atoms with E-state index in [0.717, 1.165) is 12.1 Å². The van der Waals surface area contributed by atoms with E-state index >= 15 is 0 Å². The molecule has 0 heterocycles. The van der Waals surface area contributed by atoms with E-state index in [1.165, 1.54) is 12.1 Å². The Morgan fingerprint density at radius 1 is 1.18 bits per heavy atom. The number of rotatable bonds is 1. The fourth-order valence-corrected chi connectivity index (χ4v) is 0.568. The molecular weight excluding hydrogens is 157 g/mol. The second-order valence-electron chi connectivity index (χ2n) is 1.75. The van der Waals surface area contributed by atoms with Gasteiger partial charge in [-0.25, -0.2) is 0 Å². The average molecular weight is 161 g/mol. The fourth-order valence-electron chi connectivity index (χ4n) is 0.568. The largest absolute Gasteiger partial charge is 1.00 e. The van der Waals surface area contributed by atoms with Crippen LogP contribution in [0.3, 0.4) is 0 Å². The fraction of sp³-hybridized carbons (Fsp3) is 0. The molecule has 52 valence electrons. The Bertz CT molecular complexity index is 247. The van der Waals surface area contributed by atoms with Crippen molar-refractivity contribution in [1.29, 1.82) is 0 Å². The van der Waals surface area contributed by atoms with E-state index in [1.807, 2.05) is 0 Å². The van der Waals surface area contributed by atoms with Crippen LogP contribution in [-0.2, 0) is 0 Å². The summed E-state index contributed by atoms with van der Waals surface area (Å²) in [6.07, 6.45) is 0. The van der Waals surface area contributed by atoms with Crippen molar-refractivity contribution >= 4 is 5.69 Å². The van der Waals surface area contributed by atoms with E-state index < -0.39 is 4.92 Å². The van der Waals surface area contributed by atoms with Gasteiger partial charge < -0.3 is 5.11 Å². The van der Waals surface area contributed by atoms with Crippen LogP contribution in [0.4, 0.5) is 5.69 Å². The summed E-state index contributed by atoms with van der Waals surface area (Å²) in [7, 11) is 0. The number of hydrogen-bond acceptors (Lipinski definition) is 3. The zero-order chi connectivity index (χ0) is 7.56. The number of non-ortho nitro benzene ring substituents is 1. The number of benzene rings is 1. The Morgan fingerprint density at radius 3 is 2.00 bits per heavy atom. The maximum atomic E-state index is 10.4. The second-order valence-corrected chi connectivity index (χ2v) is 1.75. The molecule has 0 atom stereocenters. The van der Waals surface area contributed by atoms with Gasteiger partial charge in [0.15, 0.2) is 0 Å². The molecule has 1 aromatic carbocycles. The van der Waals surface area contributed by atoms with Crippen molar-refractivity contribution in [3.05, 3.63) is 34.4 Å². The molecule has 1 aromatic rings. The van der Waals surface area contributed by atoms with Gasteiger partial charge in [0, 0.05) is 12.1 Å². The quantitative estimate of drug-likeness (QED) is 0.263. The van der Waals surface area contributed by atoms with E-state index in [0.29, 0.717) is 0 Å². The SMILES string of the molecule is O=[N+]([O-])c1ccc([O-])cc1.[Na+]. The molecule has 0 aliphatic heterocycles. The third kappa shape index (κ3) is 2.88. The summed E-state index contributed by atoms with van der Waals surface area (Å²) in [5.74, 6) is -0.217. The van der Waals surface area contributed by atoms with Gasteiger partial charge in [0.05, 0.1) is 4.92 Å². The molecule has 5 heteroatoms. The first-order valence-electron chi connectivity index (χ1n) is 2.61. The van der Waals surface area contributed by atoms with Crippen LogP contribution in [0.25, 0.3) is 0 Å². The van der Waals surface area contributed by atoms with Gasteiger partial charge in [0.1, 0.15) is 0 Å². The van der Waals surface area contributed by atoms with Crippen molar-refractivity contribution in [2.24, 2.45) is 0 Å². The van der Waals surface area contributed by atoms with Crippen LogP contribution in [0.5, 0.6) is 5.75 Å². The van der Waals surface area contributed by atoms with Crippen LogP contribution >= 0.6 is 0 Å². The molecule has 0 radical (unpaired) electrons. The predicted molar refractivity (Wildman–Crippen MR) is 32.5 cm³/mol. The Morgan fingerprint density at radius 2 is 1.64 bits per heavy atom. The molecule has 0 amide bonds. The summed E-state index contributed by atoms with van der Waals surface area (Å²) in [6.45, 7) is 0. The van der Waals surface area contributed by atoms with E-state index in [1.54, 1.807) is 0 Å². The van der Waals surface area contributed by atoms with Crippen molar-refractivity contribution in [3.63, 3.8) is 0 Å². The van der Waals surface area contributed by atoms with E-state index in [2.05, 4.69) is 0 Å². The Kier molecular flexibility index (Phi) is 4.10. The van der Waals surface area contributed by atoms with Crippen molar-refractivity contribution in [2.45, 2.75) is 0 Å². The molecule has 0 spiro atoms. The van der Waals surface area contributed by atoms with Crippen LogP contribution in [0.15, 0.2) is 24.3 Å². The van der Waals surface area contributed by atoms with Gasteiger partial charge in [-0.15, -0.1) is 5.75 Å². The molecule has 0 aliphatic carbocycles. The Balaban J connectivity index is 0.000001000. The van der Waals surface area contributed by atoms with Crippen LogP contribution in [0.1, 0.15) is 0 Å². The minimum Gasteiger partial charge on any atom is -0.872 e. The summed E-state index contributed by atoms with van der Waals surface area (Å²) in [4.78, 5) is 9.47. The first-order chi connectivity index (χ1) is 4.70. The summed E-state index contributed by atoms with van der Waals surface area (Å²) in [5.41, 5.74) is -0.0559. The van der Waals surface area contributed by atoms with Gasteiger partial charge in [-0.05, 0) is 0 Å². The number of nitrogens with zero attached hydrogens (tertiary/aromatic N) is 1. The number of nitro benzene ring substituents is 1. The summed E-state index contributed by atoms with van der Waals surface area (Å²) in [6, 6.07) is 4.70. The van der Waals surface area contributed by atoms with Gasteiger partial charge in [-0.3, -0.25) is 10.1 Å². The topological polar surface area (TPSA) is 66.2 Å². The third-order valence-electron chi connectivity index (χ3n) is 1.05. The maximum Gasteiger partial charge on any atom is 1.00 e. The van der Waals surface area contributed by atoms with Gasteiger partial charge in [0.2, 0.25) is 0 Å². The van der Waals surface area contributed by atoms with Gasteiger partial charge >= 0.3 is 29.6 Å². The van der Waals surface area contributed by atoms with Crippen LogP contribution in [-0.4, -0.2) is 4.92 Å². The summed E-state index contributed by atoms with van der Waals surface area (Å²) >= 11 is 0. The van der Waals surface area contributed by atoms with Crippen LogP contribution < -0.4 is 34.7 Å². The molecule has 1 rings (SSSR count). The zero-order valence-electron chi connectivity index (χ0n) is 5.98. The third-order valence-corrected chi connectivity index (χ3v) is 1.05. The van der Waals surface area contributed by atoms with E-state index in [9.17, 15) is 15.2 Å². The molecule has 0 aliphatic rings. The minimum absolute atomic E-state index is 0. The van der Waals surface area contributed by atoms with Crippen molar-refractivity contribution < 1.29 is 39.6 Å². The molecule has 11 heavy (non-hydrogen) atoms. The molecule has 0 saturated heterocycles. The van der Waals surface area contributed by atoms with Gasteiger partial charge in [-0.1, -0.05) is 12.1 Å². The second kappa shape index (κ2) is 4.33. The molecule has 0 unspecified atom stereocenters. The van der Waals surface area contributed by atoms with Crippen molar-refractivity contribution in [2.75, 3.05) is 0 Å². The van der Waals surface area contributed by atoms with Gasteiger partial charge in [-0.2, -0.15) is 0 Å². The smallest absolute Gasteiger partial charge is 0.872 e. The molecule has 0 aromatic heterocycles. The predicted octanol–water partition coefficient (Wildman–Crippen LogP) is -2.33. The Labute approximate surface area is 85.3 Å². The first-order valence-corrected chi connectivity index (χ1v) is 2.61. The molecule has 0 saturated carbocycles. The van der Waals surface area contributed by atoms with E-state index in [4.69, 9.17) is 0 Å².